The number of hydrogen-bond acceptors (Lipinski definition) is 13. The molecule has 0 aliphatic heterocycles. The summed E-state index contributed by atoms with van der Waals surface area (Å²) in [6, 6.07) is 15.2. The molecule has 2 aliphatic rings. The number of carbonyl (C=O) groups excluding carboxylic acids is 2. The van der Waals surface area contributed by atoms with Crippen molar-refractivity contribution in [3.05, 3.63) is 89.7 Å². The number of carbonyl (C=O) groups is 2. The van der Waals surface area contributed by atoms with Crippen LogP contribution in [0.5, 0.6) is 34.5 Å². The zero-order valence-corrected chi connectivity index (χ0v) is 37.7. The fourth-order valence-electron chi connectivity index (χ4n) is 4.11. The summed E-state index contributed by atoms with van der Waals surface area (Å²) in [6.45, 7) is 0. The van der Waals surface area contributed by atoms with Crippen molar-refractivity contribution in [2.24, 2.45) is 17.2 Å². The molecule has 2 saturated carbocycles. The Morgan fingerprint density at radius 3 is 1.19 bits per heavy atom. The van der Waals surface area contributed by atoms with Gasteiger partial charge >= 0.3 is 5.97 Å². The molecular weight excluding hydrogens is 1000 g/mol. The van der Waals surface area contributed by atoms with Crippen LogP contribution in [0.25, 0.3) is 0 Å². The Labute approximate surface area is 369 Å². The number of methoxy groups -OCH3 is 3. The predicted molar refractivity (Wildman–Crippen MR) is 222 cm³/mol. The quantitative estimate of drug-likeness (QED) is 0.100. The zero-order chi connectivity index (χ0) is 42.8. The first kappa shape index (κ1) is 48.6. The van der Waals surface area contributed by atoms with Crippen LogP contribution in [-0.2, 0) is 36.5 Å². The first-order chi connectivity index (χ1) is 26.7. The van der Waals surface area contributed by atoms with Crippen LogP contribution < -0.4 is 36.1 Å². The van der Waals surface area contributed by atoms with Crippen LogP contribution in [-0.4, -0.2) is 61.8 Å². The van der Waals surface area contributed by atoms with Gasteiger partial charge in [0.15, 0.2) is 11.5 Å². The van der Waals surface area contributed by atoms with Gasteiger partial charge in [0, 0.05) is 8.95 Å². The molecule has 310 valence electrons. The lowest BCUT2D eigenvalue weighted by Gasteiger charge is -2.14. The van der Waals surface area contributed by atoms with Gasteiger partial charge in [-0.15, -0.1) is 0 Å². The Morgan fingerprint density at radius 2 is 0.982 bits per heavy atom. The Morgan fingerprint density at radius 1 is 0.649 bits per heavy atom. The smallest absolute Gasteiger partial charge is 0.325 e. The van der Waals surface area contributed by atoms with Gasteiger partial charge in [0.2, 0.25) is 5.91 Å². The third-order valence-corrected chi connectivity index (χ3v) is 11.1. The highest BCUT2D eigenvalue weighted by Crippen LogP contribution is 2.41. The highest BCUT2D eigenvalue weighted by Gasteiger charge is 2.47. The van der Waals surface area contributed by atoms with E-state index in [9.17, 15) is 27.1 Å². The normalized spacial score (nSPS) is 15.0. The molecule has 14 nitrogen and oxygen atoms in total. The number of halogens is 6. The minimum absolute atomic E-state index is 0.0145. The second-order valence-corrected chi connectivity index (χ2v) is 17.1. The summed E-state index contributed by atoms with van der Waals surface area (Å²) < 4.78 is 71.6. The number of ether oxygens (including phenoxy) is 5. The van der Waals surface area contributed by atoms with E-state index in [4.69, 9.17) is 82.6 Å². The Kier molecular flexibility index (Phi) is 18.4. The van der Waals surface area contributed by atoms with Crippen molar-refractivity contribution in [1.29, 1.82) is 0 Å². The SMILES string of the molecule is COC(=O)C1(N)CC1.COc1ccc(Oc2c(Cl)cc(Br)cc2Cl)cc1S(=O)[O-].COc1ccc(Oc2c(Cl)cc(Br)cc2Cl)cc1S(=O)[O-].NC(=O)C1(N)CC1. The fourth-order valence-corrected chi connectivity index (χ4v) is 7.74. The van der Waals surface area contributed by atoms with Crippen molar-refractivity contribution in [2.75, 3.05) is 21.3 Å². The minimum atomic E-state index is -2.45. The minimum Gasteiger partial charge on any atom is -0.768 e. The molecule has 0 saturated heterocycles. The van der Waals surface area contributed by atoms with Crippen molar-refractivity contribution in [2.45, 2.75) is 46.6 Å². The van der Waals surface area contributed by atoms with Gasteiger partial charge in [-0.2, -0.15) is 0 Å². The van der Waals surface area contributed by atoms with Crippen molar-refractivity contribution >= 4 is 112 Å². The monoisotopic (exact) mass is 1030 g/mol. The lowest BCUT2D eigenvalue weighted by atomic mass is 10.3. The Balaban J connectivity index is 0.000000225. The summed E-state index contributed by atoms with van der Waals surface area (Å²) in [5.41, 5.74) is 14.4. The topological polar surface area (TPSA) is 239 Å². The van der Waals surface area contributed by atoms with Gasteiger partial charge < -0.3 is 50.0 Å². The molecule has 2 aliphatic carbocycles. The van der Waals surface area contributed by atoms with Gasteiger partial charge in [0.1, 0.15) is 28.5 Å². The molecule has 2 atom stereocenters. The molecule has 0 radical (unpaired) electrons. The maximum atomic E-state index is 11.2. The first-order valence-corrected chi connectivity index (χ1v) is 21.1. The number of esters is 1. The van der Waals surface area contributed by atoms with E-state index in [1.165, 1.54) is 45.6 Å². The molecule has 4 aromatic carbocycles. The van der Waals surface area contributed by atoms with Gasteiger partial charge in [-0.05, 0) is 109 Å². The van der Waals surface area contributed by atoms with E-state index in [-0.39, 0.29) is 56.2 Å². The molecule has 2 fully saturated rings. The third kappa shape index (κ3) is 14.2. The summed E-state index contributed by atoms with van der Waals surface area (Å²) in [6.07, 6.45) is 3.09. The number of amides is 1. The van der Waals surface area contributed by atoms with Crippen LogP contribution in [0, 0.1) is 0 Å². The van der Waals surface area contributed by atoms with E-state index >= 15 is 0 Å². The van der Waals surface area contributed by atoms with Crippen LogP contribution in [0.2, 0.25) is 20.1 Å². The van der Waals surface area contributed by atoms with E-state index in [2.05, 4.69) is 36.6 Å². The number of benzene rings is 4. The number of nitrogens with two attached hydrogens (primary N) is 3. The number of rotatable bonds is 10. The second-order valence-electron chi connectivity index (χ2n) is 11.9. The molecule has 6 N–H and O–H groups in total. The molecular formula is C35H33Br2Cl4N3O11S2-2. The lowest BCUT2D eigenvalue weighted by Crippen LogP contribution is -2.38. The van der Waals surface area contributed by atoms with Crippen molar-refractivity contribution in [3.8, 4) is 34.5 Å². The van der Waals surface area contributed by atoms with E-state index < -0.39 is 33.2 Å². The fraction of sp³-hybridized carbons (Fsp3) is 0.257. The maximum Gasteiger partial charge on any atom is 0.325 e. The summed E-state index contributed by atoms with van der Waals surface area (Å²) in [7, 11) is 4.12. The first-order valence-electron chi connectivity index (χ1n) is 15.8. The molecule has 6 rings (SSSR count). The lowest BCUT2D eigenvalue weighted by molar-refractivity contribution is -0.143. The average molecular weight is 1040 g/mol. The Bertz CT molecular complexity index is 2000. The van der Waals surface area contributed by atoms with E-state index in [0.29, 0.717) is 29.0 Å². The zero-order valence-electron chi connectivity index (χ0n) is 29.9. The predicted octanol–water partition coefficient (Wildman–Crippen LogP) is 8.20. The van der Waals surface area contributed by atoms with Crippen LogP contribution >= 0.6 is 78.3 Å². The van der Waals surface area contributed by atoms with Gasteiger partial charge in [-0.3, -0.25) is 18.0 Å². The van der Waals surface area contributed by atoms with Gasteiger partial charge in [0.05, 0.1) is 56.7 Å². The van der Waals surface area contributed by atoms with Crippen molar-refractivity contribution < 1.29 is 50.8 Å². The van der Waals surface area contributed by atoms with Gasteiger partial charge in [-0.1, -0.05) is 78.3 Å². The van der Waals surface area contributed by atoms with E-state index in [0.717, 1.165) is 25.7 Å². The average Bonchev–Trinajstić information content (AvgIpc) is 4.09. The molecule has 0 bridgehead atoms. The van der Waals surface area contributed by atoms with E-state index in [1.807, 2.05) is 0 Å². The highest BCUT2D eigenvalue weighted by atomic mass is 79.9. The molecule has 0 spiro atoms. The largest absolute Gasteiger partial charge is 0.768 e. The summed E-state index contributed by atoms with van der Waals surface area (Å²) >= 11 is 25.9. The summed E-state index contributed by atoms with van der Waals surface area (Å²) in [5.74, 6) is 0.850. The summed E-state index contributed by atoms with van der Waals surface area (Å²) in [5, 5.41) is 1.20. The second kappa shape index (κ2) is 21.5. The molecule has 22 heteroatoms. The van der Waals surface area contributed by atoms with E-state index in [1.54, 1.807) is 36.4 Å². The Hall–Kier alpha value is -2.72. The number of primary amides is 1. The molecule has 2 unspecified atom stereocenters. The standard InChI is InChI=1S/2C13H9BrCl2O4S.C5H9NO2.C4H8N2O/c2*1-19-11-3-2-8(6-12(11)21(17)18)20-13-9(15)4-7(14)5-10(13)16;1-8-4(7)5(6)2-3-5;5-3(7)4(6)1-2-4/h2*2-6H,1H3,(H,17,18);2-3,6H2,1H3;1-2,6H2,(H2,5,7)/p-2. The van der Waals surface area contributed by atoms with Gasteiger partial charge in [-0.25, -0.2) is 0 Å². The maximum absolute atomic E-state index is 11.2. The molecule has 4 aromatic rings. The third-order valence-electron chi connectivity index (χ3n) is 7.66. The van der Waals surface area contributed by atoms with Crippen LogP contribution in [0.15, 0.2) is 79.4 Å². The van der Waals surface area contributed by atoms with Crippen molar-refractivity contribution in [1.82, 2.24) is 0 Å². The molecule has 57 heavy (non-hydrogen) atoms. The number of hydrogen-bond donors (Lipinski definition) is 3. The molecule has 1 amide bonds. The van der Waals surface area contributed by atoms with Crippen LogP contribution in [0.3, 0.4) is 0 Å². The highest BCUT2D eigenvalue weighted by molar-refractivity contribution is 9.10. The molecule has 0 aromatic heterocycles. The van der Waals surface area contributed by atoms with Crippen LogP contribution in [0.4, 0.5) is 0 Å². The summed E-state index contributed by atoms with van der Waals surface area (Å²) in [4.78, 5) is 20.7. The molecule has 0 heterocycles. The van der Waals surface area contributed by atoms with Crippen molar-refractivity contribution in [3.63, 3.8) is 0 Å². The van der Waals surface area contributed by atoms with Gasteiger partial charge in [0.25, 0.3) is 0 Å². The van der Waals surface area contributed by atoms with Crippen LogP contribution in [0.1, 0.15) is 25.7 Å².